The third-order valence-electron chi connectivity index (χ3n) is 3.44. The Morgan fingerprint density at radius 2 is 1.90 bits per heavy atom. The molecule has 1 aliphatic heterocycles. The minimum absolute atomic E-state index is 0.214. The molecule has 0 saturated carbocycles. The van der Waals surface area contributed by atoms with Crippen LogP contribution >= 0.6 is 0 Å². The van der Waals surface area contributed by atoms with Gasteiger partial charge >= 0.3 is 15.6 Å². The topological polar surface area (TPSA) is 46.6 Å². The molecule has 0 spiro atoms. The highest BCUT2D eigenvalue weighted by Crippen LogP contribution is 2.31. The van der Waals surface area contributed by atoms with Crippen LogP contribution in [0.3, 0.4) is 0 Å². The summed E-state index contributed by atoms with van der Waals surface area (Å²) in [4.78, 5) is 2.13. The molecule has 0 radical (unpaired) electrons. The van der Waals surface area contributed by atoms with Crippen molar-refractivity contribution in [2.45, 2.75) is 24.8 Å². The van der Waals surface area contributed by atoms with Crippen molar-refractivity contribution in [3.05, 3.63) is 29.3 Å². The van der Waals surface area contributed by atoms with Crippen LogP contribution in [0.2, 0.25) is 0 Å². The molecule has 21 heavy (non-hydrogen) atoms. The van der Waals surface area contributed by atoms with E-state index in [1.807, 2.05) is 7.05 Å². The second-order valence-electron chi connectivity index (χ2n) is 5.03. The maximum atomic E-state index is 12.4. The van der Waals surface area contributed by atoms with Gasteiger partial charge in [0, 0.05) is 6.54 Å². The van der Waals surface area contributed by atoms with E-state index < -0.39 is 15.6 Å². The van der Waals surface area contributed by atoms with Gasteiger partial charge in [-0.25, -0.2) is 0 Å². The summed E-state index contributed by atoms with van der Waals surface area (Å²) in [6.45, 7) is 1.57. The number of nitrogens with zero attached hydrogens (tertiary/aromatic N) is 1. The summed E-state index contributed by atoms with van der Waals surface area (Å²) in [6.07, 6.45) is 1.87. The van der Waals surface area contributed by atoms with E-state index in [1.165, 1.54) is 12.1 Å². The molecule has 1 aromatic carbocycles. The van der Waals surface area contributed by atoms with Gasteiger partial charge in [0.15, 0.2) is 0 Å². The Morgan fingerprint density at radius 1 is 1.19 bits per heavy atom. The van der Waals surface area contributed by atoms with E-state index in [0.717, 1.165) is 25.1 Å². The Balaban J connectivity index is 2.34. The Labute approximate surface area is 121 Å². The molecule has 0 atom stereocenters. The van der Waals surface area contributed by atoms with Crippen molar-refractivity contribution in [2.75, 3.05) is 20.1 Å². The highest BCUT2D eigenvalue weighted by atomic mass is 32.2. The molecule has 0 amide bonds. The fraction of sp³-hybridized carbons (Fsp3) is 0.538. The summed E-state index contributed by atoms with van der Waals surface area (Å²) in [5, 5.41) is 0. The third-order valence-corrected chi connectivity index (χ3v) is 4.41. The zero-order chi connectivity index (χ0) is 15.7. The highest BCUT2D eigenvalue weighted by Gasteiger charge is 2.48. The number of halogens is 3. The Bertz CT molecular complexity index is 614. The maximum Gasteiger partial charge on any atom is 0.534 e. The molecule has 1 aliphatic rings. The van der Waals surface area contributed by atoms with Crippen LogP contribution in [0.1, 0.15) is 17.5 Å². The largest absolute Gasteiger partial charge is 0.534 e. The molecule has 0 fully saturated rings. The van der Waals surface area contributed by atoms with Gasteiger partial charge in [-0.3, -0.25) is 0 Å². The molecule has 0 bridgehead atoms. The van der Waals surface area contributed by atoms with E-state index in [4.69, 9.17) is 0 Å². The lowest BCUT2D eigenvalue weighted by atomic mass is 9.97. The summed E-state index contributed by atoms with van der Waals surface area (Å²) in [7, 11) is -3.65. The lowest BCUT2D eigenvalue weighted by molar-refractivity contribution is -0.0500. The van der Waals surface area contributed by atoms with Crippen molar-refractivity contribution in [1.82, 2.24) is 4.90 Å². The molecule has 0 unspecified atom stereocenters. The van der Waals surface area contributed by atoms with Crippen molar-refractivity contribution in [1.29, 1.82) is 0 Å². The molecule has 1 aromatic rings. The molecule has 0 N–H and O–H groups in total. The zero-order valence-corrected chi connectivity index (χ0v) is 12.3. The summed E-state index contributed by atoms with van der Waals surface area (Å²) >= 11 is 0. The predicted molar refractivity (Wildman–Crippen MR) is 71.6 cm³/mol. The van der Waals surface area contributed by atoms with Gasteiger partial charge in [0.05, 0.1) is 0 Å². The molecule has 118 valence electrons. The van der Waals surface area contributed by atoms with Crippen LogP contribution in [0.15, 0.2) is 18.2 Å². The number of likely N-dealkylation sites (N-methyl/N-ethyl adjacent to an activating group) is 1. The average molecular weight is 323 g/mol. The number of benzene rings is 1. The first-order valence-electron chi connectivity index (χ1n) is 6.51. The lowest BCUT2D eigenvalue weighted by Crippen LogP contribution is -2.29. The van der Waals surface area contributed by atoms with Crippen molar-refractivity contribution in [2.24, 2.45) is 0 Å². The standard InChI is InChI=1S/C13H16F3NO3S/c1-17-8-3-5-11-10(7-9-17)4-2-6-12(11)20-21(18,19)13(14,15)16/h2,4,6H,3,5,7-9H2,1H3. The van der Waals surface area contributed by atoms with Gasteiger partial charge in [0.2, 0.25) is 0 Å². The first-order chi connectivity index (χ1) is 9.71. The van der Waals surface area contributed by atoms with Crippen molar-refractivity contribution >= 4 is 10.1 Å². The third kappa shape index (κ3) is 3.68. The molecule has 0 aliphatic carbocycles. The normalized spacial score (nSPS) is 17.7. The molecule has 4 nitrogen and oxygen atoms in total. The fourth-order valence-corrected chi connectivity index (χ4v) is 2.81. The number of alkyl halides is 3. The maximum absolute atomic E-state index is 12.4. The van der Waals surface area contributed by atoms with Crippen LogP contribution in [0, 0.1) is 0 Å². The summed E-state index contributed by atoms with van der Waals surface area (Å²) in [6, 6.07) is 4.58. The first-order valence-corrected chi connectivity index (χ1v) is 7.91. The summed E-state index contributed by atoms with van der Waals surface area (Å²) in [5.74, 6) is -0.214. The van der Waals surface area contributed by atoms with E-state index in [0.29, 0.717) is 18.4 Å². The first kappa shape index (κ1) is 16.1. The van der Waals surface area contributed by atoms with Crippen molar-refractivity contribution in [3.8, 4) is 5.75 Å². The summed E-state index contributed by atoms with van der Waals surface area (Å²) < 4.78 is 63.9. The molecule has 1 heterocycles. The Kier molecular flexibility index (Phi) is 4.48. The van der Waals surface area contributed by atoms with Crippen LogP contribution in [0.25, 0.3) is 0 Å². The minimum atomic E-state index is -5.63. The van der Waals surface area contributed by atoms with Crippen LogP contribution < -0.4 is 4.18 Å². The minimum Gasteiger partial charge on any atom is -0.376 e. The fourth-order valence-electron chi connectivity index (χ4n) is 2.32. The van der Waals surface area contributed by atoms with Gasteiger partial charge in [-0.15, -0.1) is 0 Å². The molecular formula is C13H16F3NO3S. The van der Waals surface area contributed by atoms with Crippen molar-refractivity contribution in [3.63, 3.8) is 0 Å². The van der Waals surface area contributed by atoms with Gasteiger partial charge in [-0.05, 0) is 50.0 Å². The number of hydrogen-bond donors (Lipinski definition) is 0. The Hall–Kier alpha value is -1.28. The van der Waals surface area contributed by atoms with Crippen molar-refractivity contribution < 1.29 is 25.8 Å². The van der Waals surface area contributed by atoms with Gasteiger partial charge in [-0.2, -0.15) is 21.6 Å². The van der Waals surface area contributed by atoms with Gasteiger partial charge in [0.1, 0.15) is 5.75 Å². The lowest BCUT2D eigenvalue weighted by Gasteiger charge is -2.23. The SMILES string of the molecule is CN1CCCc2c(cccc2OS(=O)(=O)C(F)(F)F)CC1. The molecule has 8 heteroatoms. The average Bonchev–Trinajstić information content (AvgIpc) is 2.34. The Morgan fingerprint density at radius 3 is 2.57 bits per heavy atom. The highest BCUT2D eigenvalue weighted by molar-refractivity contribution is 7.88. The zero-order valence-electron chi connectivity index (χ0n) is 11.5. The van der Waals surface area contributed by atoms with Crippen LogP contribution in [-0.2, 0) is 23.0 Å². The van der Waals surface area contributed by atoms with E-state index in [9.17, 15) is 21.6 Å². The molecular weight excluding hydrogens is 307 g/mol. The number of rotatable bonds is 2. The van der Waals surface area contributed by atoms with Crippen LogP contribution in [0.5, 0.6) is 5.75 Å². The summed E-state index contributed by atoms with van der Waals surface area (Å²) in [5.41, 5.74) is -4.03. The second kappa shape index (κ2) is 5.84. The second-order valence-corrected chi connectivity index (χ2v) is 6.57. The number of hydrogen-bond acceptors (Lipinski definition) is 4. The number of fused-ring (bicyclic) bond motifs is 1. The van der Waals surface area contributed by atoms with E-state index in [-0.39, 0.29) is 5.75 Å². The van der Waals surface area contributed by atoms with Gasteiger partial charge in [0.25, 0.3) is 0 Å². The smallest absolute Gasteiger partial charge is 0.376 e. The monoisotopic (exact) mass is 323 g/mol. The van der Waals surface area contributed by atoms with E-state index in [1.54, 1.807) is 6.07 Å². The van der Waals surface area contributed by atoms with Crippen LogP contribution in [0.4, 0.5) is 13.2 Å². The predicted octanol–water partition coefficient (Wildman–Crippen LogP) is 2.34. The van der Waals surface area contributed by atoms with Gasteiger partial charge < -0.3 is 9.08 Å². The quantitative estimate of drug-likeness (QED) is 0.619. The van der Waals surface area contributed by atoms with Crippen LogP contribution in [-0.4, -0.2) is 39.0 Å². The molecule has 0 saturated heterocycles. The van der Waals surface area contributed by atoms with E-state index in [2.05, 4.69) is 9.08 Å². The van der Waals surface area contributed by atoms with E-state index >= 15 is 0 Å². The molecule has 0 aromatic heterocycles. The van der Waals surface area contributed by atoms with Gasteiger partial charge in [-0.1, -0.05) is 12.1 Å². The molecule has 2 rings (SSSR count).